The Morgan fingerprint density at radius 1 is 0.404 bits per heavy atom. The summed E-state index contributed by atoms with van der Waals surface area (Å²) in [7, 11) is 0. The van der Waals surface area contributed by atoms with Crippen molar-refractivity contribution in [1.82, 2.24) is 0 Å². The average Bonchev–Trinajstić information content (AvgIpc) is 3.18. The largest absolute Gasteiger partial charge is 0.453 e. The number of ether oxygens (including phenoxy) is 2. The van der Waals surface area contributed by atoms with Gasteiger partial charge in [-0.3, -0.25) is 0 Å². The maximum absolute atomic E-state index is 16.5. The van der Waals surface area contributed by atoms with Gasteiger partial charge >= 0.3 is 0 Å². The van der Waals surface area contributed by atoms with Crippen LogP contribution < -0.4 is 19.3 Å². The summed E-state index contributed by atoms with van der Waals surface area (Å²) < 4.78 is 45.9. The van der Waals surface area contributed by atoms with Crippen LogP contribution in [-0.4, -0.2) is 0 Å². The molecule has 7 aromatic carbocycles. The summed E-state index contributed by atoms with van der Waals surface area (Å²) in [5.41, 5.74) is 8.94. The van der Waals surface area contributed by atoms with Gasteiger partial charge in [-0.15, -0.1) is 0 Å². The molecule has 6 heteroatoms. The zero-order valence-electron chi connectivity index (χ0n) is 28.7. The highest BCUT2D eigenvalue weighted by molar-refractivity contribution is 6.06. The first-order valence-electron chi connectivity index (χ1n) is 17.6. The van der Waals surface area contributed by atoms with E-state index in [-0.39, 0.29) is 11.6 Å². The standard InChI is InChI=1S/C46H34F2N2O2/c1-3-29-43(31-17-5-7-19-33(31)47)45(49-35-21-9-13-25-39(35)51-40-26-14-10-22-36(40)49)30(4-2)46(44(29)32-18-6-8-20-34(32)48)50-37-23-11-15-27-41(37)52-42-28-16-12-24-38(42)50/h5-28H,3-4H2,1-2H3. The van der Waals surface area contributed by atoms with Gasteiger partial charge in [0, 0.05) is 27.8 Å². The maximum Gasteiger partial charge on any atom is 0.151 e. The van der Waals surface area contributed by atoms with Crippen LogP contribution in [0.25, 0.3) is 22.3 Å². The summed E-state index contributed by atoms with van der Waals surface area (Å²) in [6.45, 7) is 4.17. The maximum atomic E-state index is 16.5. The molecule has 0 aliphatic carbocycles. The second-order valence-electron chi connectivity index (χ2n) is 12.8. The Labute approximate surface area is 301 Å². The Kier molecular flexibility index (Phi) is 7.73. The number of rotatable bonds is 6. The van der Waals surface area contributed by atoms with E-state index in [9.17, 15) is 0 Å². The van der Waals surface area contributed by atoms with Crippen LogP contribution in [0.1, 0.15) is 25.0 Å². The molecule has 0 radical (unpaired) electrons. The highest BCUT2D eigenvalue weighted by Gasteiger charge is 2.38. The van der Waals surface area contributed by atoms with Crippen molar-refractivity contribution in [3.63, 3.8) is 0 Å². The number of hydrogen-bond acceptors (Lipinski definition) is 4. The highest BCUT2D eigenvalue weighted by atomic mass is 19.1. The van der Waals surface area contributed by atoms with E-state index in [0.29, 0.717) is 58.1 Å². The summed E-state index contributed by atoms with van der Waals surface area (Å²) >= 11 is 0. The molecule has 2 aliphatic heterocycles. The van der Waals surface area contributed by atoms with Crippen molar-refractivity contribution in [2.45, 2.75) is 26.7 Å². The Morgan fingerprint density at radius 2 is 0.712 bits per heavy atom. The van der Waals surface area contributed by atoms with E-state index in [4.69, 9.17) is 9.47 Å². The van der Waals surface area contributed by atoms with Gasteiger partial charge < -0.3 is 19.3 Å². The molecule has 0 bridgehead atoms. The monoisotopic (exact) mass is 684 g/mol. The Balaban J connectivity index is 1.53. The normalized spacial score (nSPS) is 12.6. The average molecular weight is 685 g/mol. The summed E-state index contributed by atoms with van der Waals surface area (Å²) in [6, 6.07) is 45.5. The molecular formula is C46H34F2N2O2. The number of fused-ring (bicyclic) bond motifs is 4. The van der Waals surface area contributed by atoms with Crippen molar-refractivity contribution >= 4 is 34.1 Å². The van der Waals surface area contributed by atoms with Crippen LogP contribution in [0.15, 0.2) is 146 Å². The van der Waals surface area contributed by atoms with Crippen LogP contribution >= 0.6 is 0 Å². The van der Waals surface area contributed by atoms with Crippen LogP contribution in [0, 0.1) is 11.6 Å². The summed E-state index contributed by atoms with van der Waals surface area (Å²) in [5, 5.41) is 0. The molecule has 2 aliphatic rings. The minimum atomic E-state index is -0.357. The first kappa shape index (κ1) is 31.6. The highest BCUT2D eigenvalue weighted by Crippen LogP contribution is 2.61. The van der Waals surface area contributed by atoms with E-state index in [1.54, 1.807) is 12.1 Å². The number of halogens is 2. The minimum absolute atomic E-state index is 0.357. The molecule has 2 heterocycles. The van der Waals surface area contributed by atoms with E-state index < -0.39 is 0 Å². The van der Waals surface area contributed by atoms with Gasteiger partial charge in [-0.25, -0.2) is 8.78 Å². The molecule has 0 atom stereocenters. The Hall–Kier alpha value is -6.40. The topological polar surface area (TPSA) is 24.9 Å². The van der Waals surface area contributed by atoms with Crippen molar-refractivity contribution in [3.8, 4) is 45.3 Å². The smallest absolute Gasteiger partial charge is 0.151 e. The fourth-order valence-corrected chi connectivity index (χ4v) is 7.81. The van der Waals surface area contributed by atoms with Crippen LogP contribution in [0.2, 0.25) is 0 Å². The van der Waals surface area contributed by atoms with E-state index >= 15 is 8.78 Å². The van der Waals surface area contributed by atoms with Crippen LogP contribution in [0.3, 0.4) is 0 Å². The van der Waals surface area contributed by atoms with Crippen molar-refractivity contribution in [1.29, 1.82) is 0 Å². The molecule has 9 rings (SSSR count). The zero-order valence-corrected chi connectivity index (χ0v) is 28.7. The molecule has 0 amide bonds. The van der Waals surface area contributed by atoms with Gasteiger partial charge in [0.2, 0.25) is 0 Å². The fraction of sp³-hybridized carbons (Fsp3) is 0.0870. The lowest BCUT2D eigenvalue weighted by molar-refractivity contribution is 0.477. The second-order valence-corrected chi connectivity index (χ2v) is 12.8. The SMILES string of the molecule is CCc1c(-c2ccccc2F)c(N2c3ccccc3Oc3ccccc32)c(CC)c(N2c3ccccc3Oc3ccccc32)c1-c1ccccc1F. The van der Waals surface area contributed by atoms with Crippen molar-refractivity contribution in [3.05, 3.63) is 168 Å². The molecule has 254 valence electrons. The molecule has 0 fully saturated rings. The third-order valence-electron chi connectivity index (χ3n) is 9.95. The quantitative estimate of drug-likeness (QED) is 0.174. The lowest BCUT2D eigenvalue weighted by Gasteiger charge is -2.41. The molecular weight excluding hydrogens is 651 g/mol. The van der Waals surface area contributed by atoms with Gasteiger partial charge in [0.1, 0.15) is 11.6 Å². The number of hydrogen-bond donors (Lipinski definition) is 0. The van der Waals surface area contributed by atoms with E-state index in [0.717, 1.165) is 45.3 Å². The number of para-hydroxylation sites is 8. The summed E-state index contributed by atoms with van der Waals surface area (Å²) in [4.78, 5) is 4.42. The molecule has 0 aromatic heterocycles. The molecule has 0 spiro atoms. The van der Waals surface area contributed by atoms with E-state index in [1.165, 1.54) is 12.1 Å². The van der Waals surface area contributed by atoms with Crippen molar-refractivity contribution < 1.29 is 18.3 Å². The first-order chi connectivity index (χ1) is 25.6. The number of anilines is 6. The molecule has 7 aromatic rings. The lowest BCUT2D eigenvalue weighted by atomic mass is 9.82. The third-order valence-corrected chi connectivity index (χ3v) is 9.95. The third kappa shape index (κ3) is 4.86. The number of benzene rings is 7. The van der Waals surface area contributed by atoms with Gasteiger partial charge in [0.05, 0.1) is 34.1 Å². The second kappa shape index (κ2) is 12.7. The Bertz CT molecular complexity index is 2250. The molecule has 4 nitrogen and oxygen atoms in total. The van der Waals surface area contributed by atoms with Crippen LogP contribution in [-0.2, 0) is 12.8 Å². The van der Waals surface area contributed by atoms with E-state index in [1.807, 2.05) is 121 Å². The van der Waals surface area contributed by atoms with Crippen LogP contribution in [0.4, 0.5) is 42.9 Å². The van der Waals surface area contributed by atoms with Gasteiger partial charge in [0.25, 0.3) is 0 Å². The molecule has 0 saturated carbocycles. The van der Waals surface area contributed by atoms with Crippen molar-refractivity contribution in [2.24, 2.45) is 0 Å². The van der Waals surface area contributed by atoms with Gasteiger partial charge in [-0.2, -0.15) is 0 Å². The summed E-state index contributed by atoms with van der Waals surface area (Å²) in [6.07, 6.45) is 1.01. The fourth-order valence-electron chi connectivity index (χ4n) is 7.81. The van der Waals surface area contributed by atoms with Crippen LogP contribution in [0.5, 0.6) is 23.0 Å². The van der Waals surface area contributed by atoms with Gasteiger partial charge in [-0.1, -0.05) is 98.8 Å². The molecule has 0 unspecified atom stereocenters. The minimum Gasteiger partial charge on any atom is -0.453 e. The molecule has 52 heavy (non-hydrogen) atoms. The molecule has 0 saturated heterocycles. The van der Waals surface area contributed by atoms with Crippen molar-refractivity contribution in [2.75, 3.05) is 9.80 Å². The first-order valence-corrected chi connectivity index (χ1v) is 17.6. The lowest BCUT2D eigenvalue weighted by Crippen LogP contribution is -2.23. The molecule has 0 N–H and O–H groups in total. The zero-order chi connectivity index (χ0) is 35.3. The van der Waals surface area contributed by atoms with E-state index in [2.05, 4.69) is 23.6 Å². The predicted octanol–water partition coefficient (Wildman–Crippen LogP) is 13.6. The predicted molar refractivity (Wildman–Crippen MR) is 205 cm³/mol. The van der Waals surface area contributed by atoms with Gasteiger partial charge in [-0.05, 0) is 79.1 Å². The number of nitrogens with zero attached hydrogens (tertiary/aromatic N) is 2. The summed E-state index contributed by atoms with van der Waals surface area (Å²) in [5.74, 6) is 2.02. The van der Waals surface area contributed by atoms with Gasteiger partial charge in [0.15, 0.2) is 23.0 Å². The Morgan fingerprint density at radius 3 is 1.04 bits per heavy atom.